The normalized spacial score (nSPS) is 9.90. The summed E-state index contributed by atoms with van der Waals surface area (Å²) < 4.78 is 13.1. The SMILES string of the molecule is NNC(=O)c1ccccc1NC(=O)c1cccc(F)c1. The standard InChI is InChI=1S/C14H12FN3O2/c15-10-5-3-4-9(8-10)13(19)17-12-7-2-1-6-11(12)14(20)18-16/h1-8H,16H2,(H,17,19)(H,18,20). The molecule has 0 aliphatic rings. The Morgan fingerprint density at radius 1 is 1.00 bits per heavy atom. The van der Waals surface area contributed by atoms with Gasteiger partial charge in [0.2, 0.25) is 0 Å². The summed E-state index contributed by atoms with van der Waals surface area (Å²) in [6, 6.07) is 11.6. The minimum Gasteiger partial charge on any atom is -0.321 e. The van der Waals surface area contributed by atoms with Crippen molar-refractivity contribution in [3.05, 3.63) is 65.5 Å². The van der Waals surface area contributed by atoms with Gasteiger partial charge in [0.05, 0.1) is 11.3 Å². The smallest absolute Gasteiger partial charge is 0.267 e. The highest BCUT2D eigenvalue weighted by Crippen LogP contribution is 2.16. The van der Waals surface area contributed by atoms with Gasteiger partial charge in [0.1, 0.15) is 5.82 Å². The molecule has 2 aromatic rings. The fourth-order valence-corrected chi connectivity index (χ4v) is 1.69. The van der Waals surface area contributed by atoms with Crippen molar-refractivity contribution in [2.45, 2.75) is 0 Å². The fraction of sp³-hybridized carbons (Fsp3) is 0. The Balaban J connectivity index is 2.26. The van der Waals surface area contributed by atoms with Gasteiger partial charge in [-0.1, -0.05) is 18.2 Å². The first kappa shape index (κ1) is 13.7. The van der Waals surface area contributed by atoms with Gasteiger partial charge in [-0.05, 0) is 30.3 Å². The Labute approximate surface area is 114 Å². The van der Waals surface area contributed by atoms with E-state index in [2.05, 4.69) is 5.32 Å². The quantitative estimate of drug-likeness (QED) is 0.452. The third-order valence-corrected chi connectivity index (χ3v) is 2.64. The van der Waals surface area contributed by atoms with E-state index < -0.39 is 17.6 Å². The van der Waals surface area contributed by atoms with Crippen LogP contribution in [0.2, 0.25) is 0 Å². The zero-order valence-electron chi connectivity index (χ0n) is 10.4. The number of nitrogen functional groups attached to an aromatic ring is 1. The summed E-state index contributed by atoms with van der Waals surface area (Å²) in [5, 5.41) is 2.55. The highest BCUT2D eigenvalue weighted by atomic mass is 19.1. The van der Waals surface area contributed by atoms with E-state index >= 15 is 0 Å². The van der Waals surface area contributed by atoms with Crippen LogP contribution in [0.3, 0.4) is 0 Å². The van der Waals surface area contributed by atoms with E-state index in [1.54, 1.807) is 18.2 Å². The first-order valence-electron chi connectivity index (χ1n) is 5.78. The van der Waals surface area contributed by atoms with Crippen LogP contribution in [-0.2, 0) is 0 Å². The molecule has 20 heavy (non-hydrogen) atoms. The monoisotopic (exact) mass is 273 g/mol. The summed E-state index contributed by atoms with van der Waals surface area (Å²) >= 11 is 0. The number of rotatable bonds is 3. The maximum atomic E-state index is 13.1. The van der Waals surface area contributed by atoms with Crippen LogP contribution >= 0.6 is 0 Å². The van der Waals surface area contributed by atoms with Gasteiger partial charge in [-0.25, -0.2) is 10.2 Å². The minimum absolute atomic E-state index is 0.160. The lowest BCUT2D eigenvalue weighted by Gasteiger charge is -2.09. The van der Waals surface area contributed by atoms with E-state index in [0.29, 0.717) is 5.69 Å². The maximum absolute atomic E-state index is 13.1. The molecule has 0 saturated carbocycles. The minimum atomic E-state index is -0.528. The van der Waals surface area contributed by atoms with Crippen LogP contribution in [-0.4, -0.2) is 11.8 Å². The number of amides is 2. The van der Waals surface area contributed by atoms with Gasteiger partial charge in [-0.15, -0.1) is 0 Å². The summed E-state index contributed by atoms with van der Waals surface area (Å²) in [5.41, 5.74) is 2.67. The predicted octanol–water partition coefficient (Wildman–Crippen LogP) is 1.68. The Hall–Kier alpha value is -2.73. The summed E-state index contributed by atoms with van der Waals surface area (Å²) in [5.74, 6) is 3.52. The second-order valence-corrected chi connectivity index (χ2v) is 3.98. The largest absolute Gasteiger partial charge is 0.321 e. The molecule has 4 N–H and O–H groups in total. The third-order valence-electron chi connectivity index (χ3n) is 2.64. The third kappa shape index (κ3) is 2.99. The lowest BCUT2D eigenvalue weighted by atomic mass is 10.1. The van der Waals surface area contributed by atoms with E-state index in [4.69, 9.17) is 5.84 Å². The van der Waals surface area contributed by atoms with Crippen molar-refractivity contribution in [2.75, 3.05) is 5.32 Å². The molecule has 2 amide bonds. The number of para-hydroxylation sites is 1. The Morgan fingerprint density at radius 2 is 1.75 bits per heavy atom. The second kappa shape index (κ2) is 5.94. The summed E-state index contributed by atoms with van der Waals surface area (Å²) in [6.07, 6.45) is 0. The molecule has 2 aromatic carbocycles. The molecule has 0 radical (unpaired) electrons. The molecule has 6 heteroatoms. The highest BCUT2D eigenvalue weighted by molar-refractivity contribution is 6.08. The number of halogens is 1. The van der Waals surface area contributed by atoms with Gasteiger partial charge < -0.3 is 5.32 Å². The maximum Gasteiger partial charge on any atom is 0.267 e. The Kier molecular flexibility index (Phi) is 4.07. The highest BCUT2D eigenvalue weighted by Gasteiger charge is 2.13. The molecule has 2 rings (SSSR count). The number of hydrazine groups is 1. The van der Waals surface area contributed by atoms with Crippen molar-refractivity contribution < 1.29 is 14.0 Å². The topological polar surface area (TPSA) is 84.2 Å². The number of carbonyl (C=O) groups excluding carboxylic acids is 2. The van der Waals surface area contributed by atoms with E-state index in [-0.39, 0.29) is 11.1 Å². The van der Waals surface area contributed by atoms with E-state index in [0.717, 1.165) is 6.07 Å². The number of anilines is 1. The first-order chi connectivity index (χ1) is 9.61. The summed E-state index contributed by atoms with van der Waals surface area (Å²) in [7, 11) is 0. The van der Waals surface area contributed by atoms with Gasteiger partial charge >= 0.3 is 0 Å². The van der Waals surface area contributed by atoms with Gasteiger partial charge in [0.15, 0.2) is 0 Å². The average molecular weight is 273 g/mol. The molecule has 0 spiro atoms. The van der Waals surface area contributed by atoms with Crippen LogP contribution in [0, 0.1) is 5.82 Å². The van der Waals surface area contributed by atoms with Crippen molar-refractivity contribution in [1.29, 1.82) is 0 Å². The Morgan fingerprint density at radius 3 is 2.45 bits per heavy atom. The lowest BCUT2D eigenvalue weighted by Crippen LogP contribution is -2.31. The van der Waals surface area contributed by atoms with Crippen molar-refractivity contribution in [2.24, 2.45) is 5.84 Å². The van der Waals surface area contributed by atoms with Crippen molar-refractivity contribution in [3.8, 4) is 0 Å². The molecule has 0 bridgehead atoms. The lowest BCUT2D eigenvalue weighted by molar-refractivity contribution is 0.0954. The van der Waals surface area contributed by atoms with E-state index in [1.165, 1.54) is 24.3 Å². The number of hydrogen-bond acceptors (Lipinski definition) is 3. The van der Waals surface area contributed by atoms with Gasteiger partial charge in [-0.2, -0.15) is 0 Å². The van der Waals surface area contributed by atoms with Crippen molar-refractivity contribution >= 4 is 17.5 Å². The molecule has 0 fully saturated rings. The van der Waals surface area contributed by atoms with Crippen LogP contribution in [0.4, 0.5) is 10.1 Å². The van der Waals surface area contributed by atoms with Gasteiger partial charge in [0.25, 0.3) is 11.8 Å². The molecule has 5 nitrogen and oxygen atoms in total. The zero-order chi connectivity index (χ0) is 14.5. The average Bonchev–Trinajstić information content (AvgIpc) is 2.47. The van der Waals surface area contributed by atoms with Crippen LogP contribution in [0.15, 0.2) is 48.5 Å². The molecule has 0 aliphatic carbocycles. The number of benzene rings is 2. The fourth-order valence-electron chi connectivity index (χ4n) is 1.69. The van der Waals surface area contributed by atoms with Crippen LogP contribution < -0.4 is 16.6 Å². The molecule has 102 valence electrons. The van der Waals surface area contributed by atoms with E-state index in [9.17, 15) is 14.0 Å². The molecule has 0 aliphatic heterocycles. The summed E-state index contributed by atoms with van der Waals surface area (Å²) in [6.45, 7) is 0. The zero-order valence-corrected chi connectivity index (χ0v) is 10.4. The second-order valence-electron chi connectivity index (χ2n) is 3.98. The molecular formula is C14H12FN3O2. The molecular weight excluding hydrogens is 261 g/mol. The molecule has 0 atom stereocenters. The number of hydrogen-bond donors (Lipinski definition) is 3. The van der Waals surface area contributed by atoms with Crippen molar-refractivity contribution in [3.63, 3.8) is 0 Å². The number of nitrogens with one attached hydrogen (secondary N) is 2. The first-order valence-corrected chi connectivity index (χ1v) is 5.78. The summed E-state index contributed by atoms with van der Waals surface area (Å²) in [4.78, 5) is 23.5. The predicted molar refractivity (Wildman–Crippen MR) is 72.4 cm³/mol. The van der Waals surface area contributed by atoms with Crippen LogP contribution in [0.25, 0.3) is 0 Å². The van der Waals surface area contributed by atoms with E-state index in [1.807, 2.05) is 5.43 Å². The van der Waals surface area contributed by atoms with Crippen molar-refractivity contribution in [1.82, 2.24) is 5.43 Å². The molecule has 0 heterocycles. The molecule has 0 saturated heterocycles. The molecule has 0 aromatic heterocycles. The number of nitrogens with two attached hydrogens (primary N) is 1. The van der Waals surface area contributed by atoms with Gasteiger partial charge in [-0.3, -0.25) is 15.0 Å². The Bertz CT molecular complexity index is 658. The van der Waals surface area contributed by atoms with Crippen LogP contribution in [0.1, 0.15) is 20.7 Å². The van der Waals surface area contributed by atoms with Crippen LogP contribution in [0.5, 0.6) is 0 Å². The van der Waals surface area contributed by atoms with Gasteiger partial charge in [0, 0.05) is 5.56 Å². The number of carbonyl (C=O) groups is 2. The molecule has 0 unspecified atom stereocenters.